The molecule has 64 valence electrons. The third kappa shape index (κ3) is 1.06. The highest BCUT2D eigenvalue weighted by Gasteiger charge is 2.20. The monoisotopic (exact) mass is 229 g/mol. The lowest BCUT2D eigenvalue weighted by molar-refractivity contribution is 0.354. The van der Waals surface area contributed by atoms with Crippen LogP contribution in [0.4, 0.5) is 0 Å². The second-order valence-corrected chi connectivity index (χ2v) is 3.38. The van der Waals surface area contributed by atoms with Gasteiger partial charge in [-0.05, 0) is 15.9 Å². The number of nitrogens with zero attached hydrogens (tertiary/aromatic N) is 1. The van der Waals surface area contributed by atoms with E-state index in [-0.39, 0.29) is 0 Å². The topological polar surface area (TPSA) is 31.4 Å². The van der Waals surface area contributed by atoms with Gasteiger partial charge in [0.25, 0.3) is 0 Å². The van der Waals surface area contributed by atoms with E-state index in [0.29, 0.717) is 5.88 Å². The first-order valence-electron chi connectivity index (χ1n) is 3.67. The summed E-state index contributed by atoms with van der Waals surface area (Å²) in [6, 6.07) is 0. The fraction of sp³-hybridized carbons (Fsp3) is 0.375. The second-order valence-electron chi connectivity index (χ2n) is 2.52. The number of hydrogen-bond acceptors (Lipinski definition) is 3. The van der Waals surface area contributed by atoms with Crippen molar-refractivity contribution in [3.8, 4) is 11.6 Å². The second kappa shape index (κ2) is 2.94. The minimum atomic E-state index is 0.672. The van der Waals surface area contributed by atoms with Crippen LogP contribution in [-0.4, -0.2) is 18.7 Å². The van der Waals surface area contributed by atoms with Crippen molar-refractivity contribution in [1.29, 1.82) is 0 Å². The van der Waals surface area contributed by atoms with Gasteiger partial charge in [-0.2, -0.15) is 0 Å². The number of methoxy groups -OCH3 is 1. The number of pyridine rings is 1. The highest BCUT2D eigenvalue weighted by molar-refractivity contribution is 9.10. The Labute approximate surface area is 78.8 Å². The predicted molar refractivity (Wildman–Crippen MR) is 47.7 cm³/mol. The molecule has 0 radical (unpaired) electrons. The molecule has 2 rings (SSSR count). The van der Waals surface area contributed by atoms with Crippen LogP contribution in [-0.2, 0) is 6.42 Å². The van der Waals surface area contributed by atoms with Gasteiger partial charge in [-0.3, -0.25) is 0 Å². The van der Waals surface area contributed by atoms with Crippen LogP contribution >= 0.6 is 15.9 Å². The number of hydrogen-bond donors (Lipinski definition) is 0. The molecule has 4 heteroatoms. The molecule has 0 unspecified atom stereocenters. The van der Waals surface area contributed by atoms with E-state index < -0.39 is 0 Å². The summed E-state index contributed by atoms with van der Waals surface area (Å²) < 4.78 is 11.4. The van der Waals surface area contributed by atoms with E-state index >= 15 is 0 Å². The predicted octanol–water partition coefficient (Wildman–Crippen LogP) is 1.79. The van der Waals surface area contributed by atoms with Crippen molar-refractivity contribution in [2.45, 2.75) is 6.42 Å². The molecule has 0 aliphatic carbocycles. The molecular formula is C8H8BrNO2. The zero-order chi connectivity index (χ0) is 8.55. The van der Waals surface area contributed by atoms with Crippen LogP contribution in [0.2, 0.25) is 0 Å². The summed E-state index contributed by atoms with van der Waals surface area (Å²) >= 11 is 3.37. The lowest BCUT2D eigenvalue weighted by atomic mass is 10.2. The fourth-order valence-electron chi connectivity index (χ4n) is 1.30. The summed E-state index contributed by atoms with van der Waals surface area (Å²) in [7, 11) is 1.62. The smallest absolute Gasteiger partial charge is 0.220 e. The van der Waals surface area contributed by atoms with Crippen LogP contribution in [0.25, 0.3) is 0 Å². The third-order valence-corrected chi connectivity index (χ3v) is 2.40. The molecule has 12 heavy (non-hydrogen) atoms. The van der Waals surface area contributed by atoms with Gasteiger partial charge in [-0.15, -0.1) is 0 Å². The van der Waals surface area contributed by atoms with E-state index in [1.165, 1.54) is 0 Å². The van der Waals surface area contributed by atoms with E-state index in [4.69, 9.17) is 9.47 Å². The van der Waals surface area contributed by atoms with Crippen LogP contribution < -0.4 is 9.47 Å². The lowest BCUT2D eigenvalue weighted by Gasteiger charge is -2.05. The van der Waals surface area contributed by atoms with E-state index in [0.717, 1.165) is 28.8 Å². The van der Waals surface area contributed by atoms with Crippen LogP contribution in [0.3, 0.4) is 0 Å². The molecule has 1 aliphatic heterocycles. The Morgan fingerprint density at radius 3 is 3.25 bits per heavy atom. The SMILES string of the molecule is COc1ncc(Br)c2c1CCO2. The van der Waals surface area contributed by atoms with Crippen molar-refractivity contribution < 1.29 is 9.47 Å². The maximum absolute atomic E-state index is 5.40. The quantitative estimate of drug-likeness (QED) is 0.736. The molecule has 2 heterocycles. The minimum Gasteiger partial charge on any atom is -0.491 e. The fourth-order valence-corrected chi connectivity index (χ4v) is 1.76. The van der Waals surface area contributed by atoms with Gasteiger partial charge in [0.2, 0.25) is 5.88 Å². The Balaban J connectivity index is 2.57. The first kappa shape index (κ1) is 7.86. The van der Waals surface area contributed by atoms with Crippen LogP contribution in [0.1, 0.15) is 5.56 Å². The molecule has 0 saturated heterocycles. The largest absolute Gasteiger partial charge is 0.491 e. The Bertz CT molecular complexity index is 314. The van der Waals surface area contributed by atoms with Crippen LogP contribution in [0.15, 0.2) is 10.7 Å². The Morgan fingerprint density at radius 2 is 2.50 bits per heavy atom. The number of ether oxygens (including phenoxy) is 2. The Morgan fingerprint density at radius 1 is 1.67 bits per heavy atom. The van der Waals surface area contributed by atoms with Gasteiger partial charge in [0.1, 0.15) is 5.75 Å². The molecular weight excluding hydrogens is 222 g/mol. The molecule has 1 aromatic heterocycles. The molecule has 0 spiro atoms. The number of fused-ring (bicyclic) bond motifs is 1. The molecule has 0 fully saturated rings. The van der Waals surface area contributed by atoms with Crippen molar-refractivity contribution in [2.24, 2.45) is 0 Å². The normalized spacial score (nSPS) is 13.8. The Hall–Kier alpha value is -0.770. The molecule has 0 N–H and O–H groups in total. The van der Waals surface area contributed by atoms with Gasteiger partial charge in [-0.1, -0.05) is 0 Å². The van der Waals surface area contributed by atoms with Crippen LogP contribution in [0.5, 0.6) is 11.6 Å². The highest BCUT2D eigenvalue weighted by atomic mass is 79.9. The van der Waals surface area contributed by atoms with Crippen molar-refractivity contribution in [1.82, 2.24) is 4.98 Å². The van der Waals surface area contributed by atoms with E-state index in [2.05, 4.69) is 20.9 Å². The number of halogens is 1. The molecule has 0 aromatic carbocycles. The summed E-state index contributed by atoms with van der Waals surface area (Å²) in [6.45, 7) is 0.718. The average Bonchev–Trinajstić information content (AvgIpc) is 2.54. The van der Waals surface area contributed by atoms with Gasteiger partial charge in [0, 0.05) is 12.6 Å². The number of rotatable bonds is 1. The van der Waals surface area contributed by atoms with Gasteiger partial charge < -0.3 is 9.47 Å². The minimum absolute atomic E-state index is 0.672. The number of aromatic nitrogens is 1. The summed E-state index contributed by atoms with van der Waals surface area (Å²) in [5, 5.41) is 0. The first-order chi connectivity index (χ1) is 5.83. The lowest BCUT2D eigenvalue weighted by Crippen LogP contribution is -1.92. The van der Waals surface area contributed by atoms with Crippen molar-refractivity contribution in [2.75, 3.05) is 13.7 Å². The van der Waals surface area contributed by atoms with E-state index in [1.807, 2.05) is 0 Å². The molecule has 1 aromatic rings. The highest BCUT2D eigenvalue weighted by Crippen LogP contribution is 2.37. The maximum atomic E-state index is 5.40. The zero-order valence-corrected chi connectivity index (χ0v) is 8.22. The summed E-state index contributed by atoms with van der Waals surface area (Å²) in [5.41, 5.74) is 1.06. The summed E-state index contributed by atoms with van der Waals surface area (Å²) in [4.78, 5) is 4.12. The third-order valence-electron chi connectivity index (χ3n) is 1.84. The standard InChI is InChI=1S/C8H8BrNO2/c1-11-8-5-2-3-12-7(5)6(9)4-10-8/h4H,2-3H2,1H3. The molecule has 3 nitrogen and oxygen atoms in total. The van der Waals surface area contributed by atoms with Gasteiger partial charge in [0.05, 0.1) is 23.8 Å². The molecule has 0 amide bonds. The van der Waals surface area contributed by atoms with Crippen molar-refractivity contribution in [3.05, 3.63) is 16.2 Å². The molecule has 1 aliphatic rings. The zero-order valence-electron chi connectivity index (χ0n) is 6.63. The van der Waals surface area contributed by atoms with Crippen LogP contribution in [0, 0.1) is 0 Å². The average molecular weight is 230 g/mol. The van der Waals surface area contributed by atoms with Crippen molar-refractivity contribution in [3.63, 3.8) is 0 Å². The van der Waals surface area contributed by atoms with E-state index in [1.54, 1.807) is 13.3 Å². The molecule has 0 saturated carbocycles. The summed E-state index contributed by atoms with van der Waals surface area (Å²) in [6.07, 6.45) is 2.58. The summed E-state index contributed by atoms with van der Waals surface area (Å²) in [5.74, 6) is 1.55. The van der Waals surface area contributed by atoms with Gasteiger partial charge in [0.15, 0.2) is 0 Å². The Kier molecular flexibility index (Phi) is 1.92. The molecule has 0 atom stereocenters. The van der Waals surface area contributed by atoms with Gasteiger partial charge in [-0.25, -0.2) is 4.98 Å². The maximum Gasteiger partial charge on any atom is 0.220 e. The van der Waals surface area contributed by atoms with E-state index in [9.17, 15) is 0 Å². The van der Waals surface area contributed by atoms with Gasteiger partial charge >= 0.3 is 0 Å². The molecule has 0 bridgehead atoms. The van der Waals surface area contributed by atoms with Crippen molar-refractivity contribution >= 4 is 15.9 Å². The first-order valence-corrected chi connectivity index (χ1v) is 4.46.